The van der Waals surface area contributed by atoms with Crippen molar-refractivity contribution >= 4 is 31.9 Å². The van der Waals surface area contributed by atoms with Gasteiger partial charge in [0, 0.05) is 5.33 Å². The molecule has 0 aromatic rings. The highest BCUT2D eigenvalue weighted by molar-refractivity contribution is 9.12. The Labute approximate surface area is 90.3 Å². The van der Waals surface area contributed by atoms with Gasteiger partial charge in [-0.15, -0.1) is 0 Å². The zero-order valence-corrected chi connectivity index (χ0v) is 10.5. The van der Waals surface area contributed by atoms with Gasteiger partial charge in [0.1, 0.15) is 0 Å². The maximum atomic E-state index is 5.61. The highest BCUT2D eigenvalue weighted by Gasteiger charge is 2.29. The summed E-state index contributed by atoms with van der Waals surface area (Å²) in [6.07, 6.45) is 1.48. The van der Waals surface area contributed by atoms with Gasteiger partial charge in [0.2, 0.25) is 0 Å². The first-order valence-electron chi connectivity index (χ1n) is 4.14. The second-order valence-electron chi connectivity index (χ2n) is 3.17. The van der Waals surface area contributed by atoms with Gasteiger partial charge in [-0.3, -0.25) is 0 Å². The predicted octanol–water partition coefficient (Wildman–Crippen LogP) is 2.68. The third kappa shape index (κ3) is 2.98. The monoisotopic (exact) mass is 300 g/mol. The van der Waals surface area contributed by atoms with Crippen molar-refractivity contribution in [3.63, 3.8) is 0 Å². The molecule has 1 aliphatic heterocycles. The third-order valence-electron chi connectivity index (χ3n) is 1.84. The van der Waals surface area contributed by atoms with Gasteiger partial charge >= 0.3 is 0 Å². The van der Waals surface area contributed by atoms with Crippen molar-refractivity contribution in [3.05, 3.63) is 0 Å². The van der Waals surface area contributed by atoms with E-state index in [1.165, 1.54) is 0 Å². The quantitative estimate of drug-likeness (QED) is 0.730. The van der Waals surface area contributed by atoms with Crippen LogP contribution in [0.1, 0.15) is 20.3 Å². The van der Waals surface area contributed by atoms with Crippen molar-refractivity contribution < 1.29 is 9.47 Å². The van der Waals surface area contributed by atoms with E-state index >= 15 is 0 Å². The van der Waals surface area contributed by atoms with E-state index in [4.69, 9.17) is 9.47 Å². The zero-order valence-electron chi connectivity index (χ0n) is 7.30. The van der Waals surface area contributed by atoms with Crippen molar-refractivity contribution in [2.75, 3.05) is 5.33 Å². The molecule has 1 rings (SSSR count). The average Bonchev–Trinajstić information content (AvgIpc) is 2.01. The van der Waals surface area contributed by atoms with Gasteiger partial charge in [-0.25, -0.2) is 0 Å². The van der Waals surface area contributed by atoms with E-state index in [1.54, 1.807) is 0 Å². The van der Waals surface area contributed by atoms with Crippen LogP contribution in [-0.4, -0.2) is 28.7 Å². The van der Waals surface area contributed by atoms with Gasteiger partial charge in [-0.05, 0) is 20.3 Å². The van der Waals surface area contributed by atoms with Gasteiger partial charge in [0.25, 0.3) is 0 Å². The topological polar surface area (TPSA) is 18.5 Å². The molecule has 0 aromatic heterocycles. The lowest BCUT2D eigenvalue weighted by atomic mass is 10.2. The summed E-state index contributed by atoms with van der Waals surface area (Å²) in [6.45, 7) is 4.17. The van der Waals surface area contributed by atoms with E-state index in [2.05, 4.69) is 45.7 Å². The van der Waals surface area contributed by atoms with Crippen LogP contribution < -0.4 is 0 Å². The molecular weight excluding hydrogens is 288 g/mol. The van der Waals surface area contributed by atoms with Gasteiger partial charge in [-0.1, -0.05) is 31.9 Å². The Morgan fingerprint density at radius 3 is 2.25 bits per heavy atom. The van der Waals surface area contributed by atoms with Crippen molar-refractivity contribution in [1.82, 2.24) is 0 Å². The first-order chi connectivity index (χ1) is 5.63. The van der Waals surface area contributed by atoms with Crippen molar-refractivity contribution in [1.29, 1.82) is 0 Å². The number of halogens is 2. The van der Waals surface area contributed by atoms with E-state index in [-0.39, 0.29) is 11.1 Å². The van der Waals surface area contributed by atoms with E-state index in [0.717, 1.165) is 11.8 Å². The molecule has 0 N–H and O–H groups in total. The Hall–Kier alpha value is 0.880. The normalized spacial score (nSPS) is 39.5. The van der Waals surface area contributed by atoms with E-state index in [0.29, 0.717) is 12.2 Å². The predicted molar refractivity (Wildman–Crippen MR) is 56.0 cm³/mol. The lowest BCUT2D eigenvalue weighted by Crippen LogP contribution is -2.40. The third-order valence-corrected chi connectivity index (χ3v) is 4.16. The summed E-state index contributed by atoms with van der Waals surface area (Å²) in [5, 5.41) is 0.844. The molecule has 0 amide bonds. The Balaban J connectivity index is 2.43. The van der Waals surface area contributed by atoms with Crippen LogP contribution in [0.5, 0.6) is 0 Å². The smallest absolute Gasteiger partial charge is 0.171 e. The fourth-order valence-corrected chi connectivity index (χ4v) is 1.87. The maximum absolute atomic E-state index is 5.61. The molecule has 72 valence electrons. The molecule has 0 bridgehead atoms. The van der Waals surface area contributed by atoms with Crippen LogP contribution in [0, 0.1) is 0 Å². The van der Waals surface area contributed by atoms with Crippen LogP contribution in [0.25, 0.3) is 0 Å². The Morgan fingerprint density at radius 1 is 1.33 bits per heavy atom. The van der Waals surface area contributed by atoms with Crippen molar-refractivity contribution in [2.45, 2.75) is 43.6 Å². The maximum Gasteiger partial charge on any atom is 0.171 e. The minimum absolute atomic E-state index is 0.108. The SMILES string of the molecule is C[C@H]1C[C@H](C)OC([C@H](Br)CBr)O1. The number of hydrogen-bond donors (Lipinski definition) is 0. The lowest BCUT2D eigenvalue weighted by Gasteiger charge is -2.34. The van der Waals surface area contributed by atoms with Crippen LogP contribution in [0.3, 0.4) is 0 Å². The van der Waals surface area contributed by atoms with E-state index < -0.39 is 0 Å². The summed E-state index contributed by atoms with van der Waals surface area (Å²) in [6, 6.07) is 0. The molecule has 0 aromatic carbocycles. The van der Waals surface area contributed by atoms with Gasteiger partial charge in [0.15, 0.2) is 6.29 Å². The van der Waals surface area contributed by atoms with Crippen LogP contribution in [0.4, 0.5) is 0 Å². The fraction of sp³-hybridized carbons (Fsp3) is 1.00. The molecular formula is C8H14Br2O2. The Morgan fingerprint density at radius 2 is 1.83 bits per heavy atom. The summed E-state index contributed by atoms with van der Waals surface area (Å²) in [5.74, 6) is 0. The van der Waals surface area contributed by atoms with Crippen LogP contribution in [0.15, 0.2) is 0 Å². The lowest BCUT2D eigenvalue weighted by molar-refractivity contribution is -0.230. The molecule has 1 heterocycles. The molecule has 1 fully saturated rings. The second-order valence-corrected chi connectivity index (χ2v) is 4.99. The fourth-order valence-electron chi connectivity index (χ4n) is 1.31. The number of alkyl halides is 2. The van der Waals surface area contributed by atoms with E-state index in [1.807, 2.05) is 0 Å². The minimum atomic E-state index is -0.108. The largest absolute Gasteiger partial charge is 0.348 e. The zero-order chi connectivity index (χ0) is 9.14. The standard InChI is InChI=1S/C8H14Br2O2/c1-5-3-6(2)12-8(11-5)7(10)4-9/h5-8H,3-4H2,1-2H3/t5-,6-,7+/m0/s1. The van der Waals surface area contributed by atoms with Gasteiger partial charge in [0.05, 0.1) is 17.0 Å². The summed E-state index contributed by atoms with van der Waals surface area (Å²) < 4.78 is 11.2. The molecule has 2 nitrogen and oxygen atoms in total. The molecule has 0 unspecified atom stereocenters. The van der Waals surface area contributed by atoms with E-state index in [9.17, 15) is 0 Å². The number of rotatable bonds is 2. The van der Waals surface area contributed by atoms with Crippen LogP contribution in [-0.2, 0) is 9.47 Å². The summed E-state index contributed by atoms with van der Waals surface area (Å²) in [4.78, 5) is 0.239. The van der Waals surface area contributed by atoms with Crippen molar-refractivity contribution in [2.24, 2.45) is 0 Å². The van der Waals surface area contributed by atoms with Gasteiger partial charge in [-0.2, -0.15) is 0 Å². The second kappa shape index (κ2) is 4.94. The average molecular weight is 302 g/mol. The highest BCUT2D eigenvalue weighted by Crippen LogP contribution is 2.24. The molecule has 1 saturated heterocycles. The molecule has 0 radical (unpaired) electrons. The molecule has 4 heteroatoms. The molecule has 12 heavy (non-hydrogen) atoms. The Kier molecular flexibility index (Phi) is 4.51. The first kappa shape index (κ1) is 11.0. The van der Waals surface area contributed by atoms with Crippen molar-refractivity contribution in [3.8, 4) is 0 Å². The summed E-state index contributed by atoms with van der Waals surface area (Å²) in [7, 11) is 0. The molecule has 1 aliphatic rings. The molecule has 0 saturated carbocycles. The van der Waals surface area contributed by atoms with Crippen LogP contribution in [0.2, 0.25) is 0 Å². The Bertz CT molecular complexity index is 133. The number of hydrogen-bond acceptors (Lipinski definition) is 2. The highest BCUT2D eigenvalue weighted by atomic mass is 79.9. The summed E-state index contributed by atoms with van der Waals surface area (Å²) in [5.41, 5.74) is 0. The summed E-state index contributed by atoms with van der Waals surface area (Å²) >= 11 is 6.88. The molecule has 3 atom stereocenters. The van der Waals surface area contributed by atoms with Crippen LogP contribution >= 0.6 is 31.9 Å². The molecule has 0 aliphatic carbocycles. The molecule has 0 spiro atoms. The first-order valence-corrected chi connectivity index (χ1v) is 6.18. The van der Waals surface area contributed by atoms with Gasteiger partial charge < -0.3 is 9.47 Å². The number of ether oxygens (including phenoxy) is 2. The minimum Gasteiger partial charge on any atom is -0.348 e.